The van der Waals surface area contributed by atoms with Crippen molar-refractivity contribution in [1.82, 2.24) is 5.32 Å². The Balaban J connectivity index is 1.95. The fourth-order valence-corrected chi connectivity index (χ4v) is 2.23. The molecule has 0 heterocycles. The number of thiocarbonyl (C=S) groups is 1. The van der Waals surface area contributed by atoms with Gasteiger partial charge in [0.1, 0.15) is 5.75 Å². The summed E-state index contributed by atoms with van der Waals surface area (Å²) in [7, 11) is 1.58. The first-order chi connectivity index (χ1) is 11.1. The number of carbonyl (C=O) groups excluding carboxylic acids is 1. The average molecular weight is 347 g/mol. The summed E-state index contributed by atoms with van der Waals surface area (Å²) in [5.74, 6) is 0.341. The number of benzene rings is 2. The number of anilines is 1. The molecule has 0 spiro atoms. The van der Waals surface area contributed by atoms with Crippen molar-refractivity contribution >= 4 is 46.6 Å². The Kier molecular flexibility index (Phi) is 6.14. The number of amides is 1. The number of hydrogen-bond donors (Lipinski definition) is 2. The zero-order valence-electron chi connectivity index (χ0n) is 12.4. The molecular weight excluding hydrogens is 332 g/mol. The molecular formula is C17H15ClN2O2S. The minimum atomic E-state index is -0.347. The van der Waals surface area contributed by atoms with E-state index in [0.717, 1.165) is 5.56 Å². The standard InChI is InChI=1S/C17H15ClN2O2S/c1-22-15-9-5-2-6-12(15)10-11-16(21)20-17(23)19-14-8-4-3-7-13(14)18/h2-11H,1H3,(H2,19,20,21,23). The maximum Gasteiger partial charge on any atom is 0.250 e. The molecule has 0 aliphatic carbocycles. The minimum Gasteiger partial charge on any atom is -0.496 e. The van der Waals surface area contributed by atoms with Crippen molar-refractivity contribution in [3.05, 3.63) is 65.2 Å². The molecule has 0 bridgehead atoms. The highest BCUT2D eigenvalue weighted by Crippen LogP contribution is 2.20. The van der Waals surface area contributed by atoms with Crippen molar-refractivity contribution in [3.8, 4) is 5.75 Å². The number of carbonyl (C=O) groups is 1. The average Bonchev–Trinajstić information content (AvgIpc) is 2.55. The van der Waals surface area contributed by atoms with Gasteiger partial charge in [0.05, 0.1) is 17.8 Å². The van der Waals surface area contributed by atoms with Gasteiger partial charge in [0.15, 0.2) is 5.11 Å². The van der Waals surface area contributed by atoms with E-state index < -0.39 is 0 Å². The molecule has 0 saturated heterocycles. The molecule has 2 N–H and O–H groups in total. The van der Waals surface area contributed by atoms with Crippen LogP contribution in [0.2, 0.25) is 5.02 Å². The predicted octanol–water partition coefficient (Wildman–Crippen LogP) is 3.88. The van der Waals surface area contributed by atoms with Crippen molar-refractivity contribution in [1.29, 1.82) is 0 Å². The Labute approximate surface area is 145 Å². The SMILES string of the molecule is COc1ccccc1C=CC(=O)NC(=S)Nc1ccccc1Cl. The van der Waals surface area contributed by atoms with Gasteiger partial charge in [-0.25, -0.2) is 0 Å². The van der Waals surface area contributed by atoms with E-state index in [2.05, 4.69) is 10.6 Å². The Hall–Kier alpha value is -2.37. The molecule has 6 heteroatoms. The van der Waals surface area contributed by atoms with E-state index in [1.165, 1.54) is 6.08 Å². The van der Waals surface area contributed by atoms with E-state index in [-0.39, 0.29) is 11.0 Å². The lowest BCUT2D eigenvalue weighted by Crippen LogP contribution is -2.32. The summed E-state index contributed by atoms with van der Waals surface area (Å²) < 4.78 is 5.22. The third-order valence-electron chi connectivity index (χ3n) is 2.91. The fourth-order valence-electron chi connectivity index (χ4n) is 1.84. The second kappa shape index (κ2) is 8.31. The van der Waals surface area contributed by atoms with E-state index in [1.807, 2.05) is 36.4 Å². The van der Waals surface area contributed by atoms with Gasteiger partial charge in [0, 0.05) is 11.6 Å². The number of nitrogens with one attached hydrogen (secondary N) is 2. The number of ether oxygens (including phenoxy) is 1. The minimum absolute atomic E-state index is 0.174. The van der Waals surface area contributed by atoms with Gasteiger partial charge in [0.25, 0.3) is 0 Å². The van der Waals surface area contributed by atoms with Gasteiger partial charge in [-0.2, -0.15) is 0 Å². The van der Waals surface area contributed by atoms with Crippen LogP contribution in [0.4, 0.5) is 5.69 Å². The lowest BCUT2D eigenvalue weighted by Gasteiger charge is -2.09. The molecule has 1 amide bonds. The van der Waals surface area contributed by atoms with E-state index >= 15 is 0 Å². The molecule has 0 radical (unpaired) electrons. The van der Waals surface area contributed by atoms with Gasteiger partial charge >= 0.3 is 0 Å². The summed E-state index contributed by atoms with van der Waals surface area (Å²) in [6.07, 6.45) is 3.05. The fraction of sp³-hybridized carbons (Fsp3) is 0.0588. The van der Waals surface area contributed by atoms with E-state index in [4.69, 9.17) is 28.6 Å². The largest absolute Gasteiger partial charge is 0.496 e. The smallest absolute Gasteiger partial charge is 0.250 e. The first-order valence-electron chi connectivity index (χ1n) is 6.77. The summed E-state index contributed by atoms with van der Waals surface area (Å²) >= 11 is 11.1. The highest BCUT2D eigenvalue weighted by molar-refractivity contribution is 7.80. The highest BCUT2D eigenvalue weighted by atomic mass is 35.5. The van der Waals surface area contributed by atoms with Crippen molar-refractivity contribution in [3.63, 3.8) is 0 Å². The lowest BCUT2D eigenvalue weighted by atomic mass is 10.2. The molecule has 0 aliphatic heterocycles. The van der Waals surface area contributed by atoms with Crippen molar-refractivity contribution in [2.75, 3.05) is 12.4 Å². The van der Waals surface area contributed by atoms with Gasteiger partial charge in [-0.15, -0.1) is 0 Å². The van der Waals surface area contributed by atoms with Gasteiger partial charge in [-0.1, -0.05) is 41.9 Å². The van der Waals surface area contributed by atoms with Crippen molar-refractivity contribution in [2.24, 2.45) is 0 Å². The van der Waals surface area contributed by atoms with Crippen LogP contribution in [-0.4, -0.2) is 18.1 Å². The zero-order chi connectivity index (χ0) is 16.7. The number of methoxy groups -OCH3 is 1. The van der Waals surface area contributed by atoms with Crippen LogP contribution in [0.3, 0.4) is 0 Å². The molecule has 0 unspecified atom stereocenters. The molecule has 4 nitrogen and oxygen atoms in total. The highest BCUT2D eigenvalue weighted by Gasteiger charge is 2.04. The summed E-state index contributed by atoms with van der Waals surface area (Å²) in [4.78, 5) is 11.9. The van der Waals surface area contributed by atoms with Crippen LogP contribution in [0.1, 0.15) is 5.56 Å². The van der Waals surface area contributed by atoms with Gasteiger partial charge in [-0.3, -0.25) is 10.1 Å². The first-order valence-corrected chi connectivity index (χ1v) is 7.56. The number of rotatable bonds is 4. The van der Waals surface area contributed by atoms with Crippen molar-refractivity contribution < 1.29 is 9.53 Å². The maximum absolute atomic E-state index is 11.9. The maximum atomic E-state index is 11.9. The number of para-hydroxylation sites is 2. The lowest BCUT2D eigenvalue weighted by molar-refractivity contribution is -0.115. The van der Waals surface area contributed by atoms with Crippen molar-refractivity contribution in [2.45, 2.75) is 0 Å². The van der Waals surface area contributed by atoms with Crippen LogP contribution >= 0.6 is 23.8 Å². The van der Waals surface area contributed by atoms with Gasteiger partial charge < -0.3 is 10.1 Å². The summed E-state index contributed by atoms with van der Waals surface area (Å²) in [6, 6.07) is 14.5. The van der Waals surface area contributed by atoms with E-state index in [1.54, 1.807) is 25.3 Å². The van der Waals surface area contributed by atoms with Crippen LogP contribution < -0.4 is 15.4 Å². The molecule has 23 heavy (non-hydrogen) atoms. The summed E-state index contributed by atoms with van der Waals surface area (Å²) in [5, 5.41) is 6.13. The van der Waals surface area contributed by atoms with E-state index in [0.29, 0.717) is 16.5 Å². The number of halogens is 1. The van der Waals surface area contributed by atoms with Crippen LogP contribution in [0.25, 0.3) is 6.08 Å². The molecule has 0 aliphatic rings. The predicted molar refractivity (Wildman–Crippen MR) is 97.8 cm³/mol. The monoisotopic (exact) mass is 346 g/mol. The quantitative estimate of drug-likeness (QED) is 0.651. The van der Waals surface area contributed by atoms with Crippen LogP contribution in [0.15, 0.2) is 54.6 Å². The van der Waals surface area contributed by atoms with Crippen LogP contribution in [0.5, 0.6) is 5.75 Å². The molecule has 0 saturated carbocycles. The molecule has 0 aromatic heterocycles. The third-order valence-corrected chi connectivity index (χ3v) is 3.45. The normalized spacial score (nSPS) is 10.3. The summed E-state index contributed by atoms with van der Waals surface area (Å²) in [5.41, 5.74) is 1.43. The second-order valence-electron chi connectivity index (χ2n) is 4.50. The Morgan fingerprint density at radius 3 is 2.61 bits per heavy atom. The van der Waals surface area contributed by atoms with E-state index in [9.17, 15) is 4.79 Å². The first kappa shape index (κ1) is 17.0. The Morgan fingerprint density at radius 2 is 1.87 bits per heavy atom. The molecule has 2 rings (SSSR count). The Bertz CT molecular complexity index is 747. The van der Waals surface area contributed by atoms with Crippen LogP contribution in [0, 0.1) is 0 Å². The summed E-state index contributed by atoms with van der Waals surface area (Å²) in [6.45, 7) is 0. The molecule has 2 aromatic carbocycles. The number of hydrogen-bond acceptors (Lipinski definition) is 3. The molecule has 0 atom stereocenters. The third kappa shape index (κ3) is 5.09. The topological polar surface area (TPSA) is 50.4 Å². The molecule has 118 valence electrons. The van der Waals surface area contributed by atoms with Gasteiger partial charge in [-0.05, 0) is 36.5 Å². The van der Waals surface area contributed by atoms with Gasteiger partial charge in [0.2, 0.25) is 5.91 Å². The Morgan fingerprint density at radius 1 is 1.17 bits per heavy atom. The molecule has 2 aromatic rings. The zero-order valence-corrected chi connectivity index (χ0v) is 13.9. The molecule has 0 fully saturated rings. The second-order valence-corrected chi connectivity index (χ2v) is 5.31. The van der Waals surface area contributed by atoms with Crippen LogP contribution in [-0.2, 0) is 4.79 Å².